The number of amides is 2. The molecule has 0 fully saturated rings. The van der Waals surface area contributed by atoms with Gasteiger partial charge in [-0.25, -0.2) is 4.39 Å². The van der Waals surface area contributed by atoms with Crippen molar-refractivity contribution in [1.29, 1.82) is 0 Å². The lowest BCUT2D eigenvalue weighted by atomic mass is 10.2. The average Bonchev–Trinajstić information content (AvgIpc) is 2.75. The highest BCUT2D eigenvalue weighted by Gasteiger charge is 2.09. The summed E-state index contributed by atoms with van der Waals surface area (Å²) in [5, 5.41) is 8.23. The minimum atomic E-state index is -0.523. The van der Waals surface area contributed by atoms with Crippen molar-refractivity contribution in [3.63, 3.8) is 0 Å². The number of benzene rings is 3. The van der Waals surface area contributed by atoms with Crippen LogP contribution in [0.15, 0.2) is 71.2 Å². The van der Waals surface area contributed by atoms with Crippen molar-refractivity contribution >= 4 is 44.8 Å². The Labute approximate surface area is 181 Å². The van der Waals surface area contributed by atoms with Crippen LogP contribution in [-0.2, 0) is 4.79 Å². The van der Waals surface area contributed by atoms with Crippen LogP contribution in [0.25, 0.3) is 0 Å². The first-order valence-electron chi connectivity index (χ1n) is 8.99. The van der Waals surface area contributed by atoms with Crippen molar-refractivity contribution in [3.05, 3.63) is 82.6 Å². The van der Waals surface area contributed by atoms with Gasteiger partial charge in [0.1, 0.15) is 11.6 Å². The lowest BCUT2D eigenvalue weighted by Gasteiger charge is -2.10. The van der Waals surface area contributed by atoms with Gasteiger partial charge in [0.25, 0.3) is 5.91 Å². The van der Waals surface area contributed by atoms with Gasteiger partial charge in [0.05, 0.1) is 19.3 Å². The van der Waals surface area contributed by atoms with Gasteiger partial charge >= 0.3 is 0 Å². The summed E-state index contributed by atoms with van der Waals surface area (Å²) in [6, 6.07) is 18.1. The monoisotopic (exact) mass is 471 g/mol. The third-order valence-corrected chi connectivity index (χ3v) is 4.65. The number of halogens is 2. The van der Waals surface area contributed by atoms with Gasteiger partial charge in [0, 0.05) is 21.4 Å². The van der Waals surface area contributed by atoms with Gasteiger partial charge in [-0.15, -0.1) is 0 Å². The molecule has 0 unspecified atom stereocenters. The second kappa shape index (κ2) is 9.89. The SMILES string of the molecule is COc1ccc(NC(=O)c2ccc(NCC(=O)Nc3ccc(Br)cc3F)cc2)cc1. The van der Waals surface area contributed by atoms with E-state index in [4.69, 9.17) is 4.74 Å². The maximum Gasteiger partial charge on any atom is 0.255 e. The van der Waals surface area contributed by atoms with E-state index in [0.717, 1.165) is 0 Å². The first-order chi connectivity index (χ1) is 14.4. The standard InChI is InChI=1S/C22H19BrFN3O3/c1-30-18-9-7-17(8-10-18)26-22(29)14-2-5-16(6-3-14)25-13-21(28)27-20-11-4-15(23)12-19(20)24/h2-12,25H,13H2,1H3,(H,26,29)(H,27,28). The molecule has 3 N–H and O–H groups in total. The third kappa shape index (κ3) is 5.81. The minimum absolute atomic E-state index is 0.0487. The quantitative estimate of drug-likeness (QED) is 0.457. The molecule has 0 atom stereocenters. The molecule has 0 heterocycles. The normalized spacial score (nSPS) is 10.2. The van der Waals surface area contributed by atoms with Crippen LogP contribution in [0.1, 0.15) is 10.4 Å². The number of anilines is 3. The van der Waals surface area contributed by atoms with Crippen molar-refractivity contribution < 1.29 is 18.7 Å². The Hall–Kier alpha value is -3.39. The van der Waals surface area contributed by atoms with Gasteiger partial charge in [0.2, 0.25) is 5.91 Å². The molecule has 3 aromatic rings. The summed E-state index contributed by atoms with van der Waals surface area (Å²) in [6.07, 6.45) is 0. The van der Waals surface area contributed by atoms with Gasteiger partial charge < -0.3 is 20.7 Å². The molecular weight excluding hydrogens is 453 g/mol. The number of carbonyl (C=O) groups excluding carboxylic acids is 2. The van der Waals surface area contributed by atoms with Crippen molar-refractivity contribution in [2.75, 3.05) is 29.6 Å². The molecule has 2 amide bonds. The molecule has 3 rings (SSSR count). The first kappa shape index (κ1) is 21.3. The fourth-order valence-electron chi connectivity index (χ4n) is 2.58. The van der Waals surface area contributed by atoms with Crippen molar-refractivity contribution in [3.8, 4) is 5.75 Å². The number of ether oxygens (including phenoxy) is 1. The van der Waals surface area contributed by atoms with E-state index in [0.29, 0.717) is 27.2 Å². The van der Waals surface area contributed by atoms with Gasteiger partial charge in [-0.1, -0.05) is 15.9 Å². The van der Waals surface area contributed by atoms with Crippen LogP contribution in [0.4, 0.5) is 21.5 Å². The molecule has 8 heteroatoms. The third-order valence-electron chi connectivity index (χ3n) is 4.15. The van der Waals surface area contributed by atoms with Crippen LogP contribution in [0.5, 0.6) is 5.75 Å². The lowest BCUT2D eigenvalue weighted by Crippen LogP contribution is -2.22. The van der Waals surface area contributed by atoms with E-state index in [1.54, 1.807) is 61.7 Å². The summed E-state index contributed by atoms with van der Waals surface area (Å²) in [6.45, 7) is -0.0487. The van der Waals surface area contributed by atoms with Crippen molar-refractivity contribution in [1.82, 2.24) is 0 Å². The van der Waals surface area contributed by atoms with Gasteiger partial charge in [-0.05, 0) is 66.7 Å². The summed E-state index contributed by atoms with van der Waals surface area (Å²) in [7, 11) is 1.58. The molecule has 0 aromatic heterocycles. The number of carbonyl (C=O) groups is 2. The summed E-state index contributed by atoms with van der Waals surface area (Å²) in [5.74, 6) is -0.465. The van der Waals surface area contributed by atoms with Crippen molar-refractivity contribution in [2.24, 2.45) is 0 Å². The number of hydrogen-bond acceptors (Lipinski definition) is 4. The van der Waals surface area contributed by atoms with E-state index in [1.807, 2.05) is 0 Å². The number of nitrogens with one attached hydrogen (secondary N) is 3. The Morgan fingerprint density at radius 2 is 1.60 bits per heavy atom. The fraction of sp³-hybridized carbons (Fsp3) is 0.0909. The molecule has 0 aliphatic rings. The Kier molecular flexibility index (Phi) is 7.03. The smallest absolute Gasteiger partial charge is 0.255 e. The molecule has 3 aromatic carbocycles. The van der Waals surface area contributed by atoms with Crippen LogP contribution in [0, 0.1) is 5.82 Å². The van der Waals surface area contributed by atoms with E-state index in [2.05, 4.69) is 31.9 Å². The van der Waals surface area contributed by atoms with Crippen LogP contribution >= 0.6 is 15.9 Å². The Bertz CT molecular complexity index is 1040. The molecule has 6 nitrogen and oxygen atoms in total. The fourth-order valence-corrected chi connectivity index (χ4v) is 2.92. The number of hydrogen-bond donors (Lipinski definition) is 3. The van der Waals surface area contributed by atoms with E-state index in [1.165, 1.54) is 12.1 Å². The molecule has 0 radical (unpaired) electrons. The molecule has 30 heavy (non-hydrogen) atoms. The molecule has 0 spiro atoms. The summed E-state index contributed by atoms with van der Waals surface area (Å²) in [5.41, 5.74) is 1.88. The second-order valence-corrected chi connectivity index (χ2v) is 7.20. The maximum atomic E-state index is 13.8. The van der Waals surface area contributed by atoms with E-state index in [9.17, 15) is 14.0 Å². The Morgan fingerprint density at radius 3 is 2.23 bits per heavy atom. The summed E-state index contributed by atoms with van der Waals surface area (Å²) >= 11 is 3.17. The van der Waals surface area contributed by atoms with Crippen molar-refractivity contribution in [2.45, 2.75) is 0 Å². The maximum absolute atomic E-state index is 13.8. The Morgan fingerprint density at radius 1 is 0.933 bits per heavy atom. The number of methoxy groups -OCH3 is 1. The molecule has 154 valence electrons. The van der Waals surface area contributed by atoms with Crippen LogP contribution in [-0.4, -0.2) is 25.5 Å². The van der Waals surface area contributed by atoms with Gasteiger partial charge in [0.15, 0.2) is 0 Å². The average molecular weight is 472 g/mol. The van der Waals surface area contributed by atoms with Gasteiger partial charge in [-0.3, -0.25) is 9.59 Å². The van der Waals surface area contributed by atoms with Crippen LogP contribution < -0.4 is 20.7 Å². The molecular formula is C22H19BrFN3O3. The molecule has 0 bridgehead atoms. The molecule has 0 aliphatic carbocycles. The van der Waals surface area contributed by atoms with E-state index < -0.39 is 11.7 Å². The van der Waals surface area contributed by atoms with E-state index in [-0.39, 0.29) is 18.1 Å². The predicted octanol–water partition coefficient (Wildman–Crippen LogP) is 4.90. The highest BCUT2D eigenvalue weighted by molar-refractivity contribution is 9.10. The summed E-state index contributed by atoms with van der Waals surface area (Å²) in [4.78, 5) is 24.4. The zero-order valence-electron chi connectivity index (χ0n) is 16.0. The highest BCUT2D eigenvalue weighted by atomic mass is 79.9. The second-order valence-electron chi connectivity index (χ2n) is 6.29. The highest BCUT2D eigenvalue weighted by Crippen LogP contribution is 2.19. The predicted molar refractivity (Wildman–Crippen MR) is 119 cm³/mol. The van der Waals surface area contributed by atoms with E-state index >= 15 is 0 Å². The zero-order valence-corrected chi connectivity index (χ0v) is 17.6. The lowest BCUT2D eigenvalue weighted by molar-refractivity contribution is -0.114. The minimum Gasteiger partial charge on any atom is -0.497 e. The van der Waals surface area contributed by atoms with Crippen LogP contribution in [0.3, 0.4) is 0 Å². The molecule has 0 saturated heterocycles. The zero-order chi connectivity index (χ0) is 21.5. The van der Waals surface area contributed by atoms with Crippen LogP contribution in [0.2, 0.25) is 0 Å². The molecule has 0 aliphatic heterocycles. The topological polar surface area (TPSA) is 79.5 Å². The number of rotatable bonds is 7. The largest absolute Gasteiger partial charge is 0.497 e. The first-order valence-corrected chi connectivity index (χ1v) is 9.78. The summed E-state index contributed by atoms with van der Waals surface area (Å²) < 4.78 is 19.5. The Balaban J connectivity index is 1.52. The van der Waals surface area contributed by atoms with Gasteiger partial charge in [-0.2, -0.15) is 0 Å². The molecule has 0 saturated carbocycles.